The highest BCUT2D eigenvalue weighted by atomic mass is 16.2. The number of hydrogen-bond acceptors (Lipinski definition) is 2. The number of H-pyrrole nitrogens is 1. The molecule has 1 heterocycles. The molecule has 0 spiro atoms. The molecule has 0 bridgehead atoms. The van der Waals surface area contributed by atoms with E-state index in [2.05, 4.69) is 11.9 Å². The molecule has 3 rings (SSSR count). The Morgan fingerprint density at radius 1 is 1.17 bits per heavy atom. The molecule has 0 unspecified atom stereocenters. The minimum absolute atomic E-state index is 0.108. The molecule has 0 aliphatic heterocycles. The maximum absolute atomic E-state index is 12.6. The fraction of sp³-hybridized carbons (Fsp3) is 0.474. The topological polar surface area (TPSA) is 53.2 Å². The smallest absolute Gasteiger partial charge is 0.295 e. The summed E-state index contributed by atoms with van der Waals surface area (Å²) in [6, 6.07) is 7.68. The molecule has 2 aromatic rings. The number of Topliss-reactive ketones (excluding diaryl/α,β-unsaturated/α-hetero) is 1. The molecule has 1 N–H and O–H groups in total. The maximum atomic E-state index is 12.6. The van der Waals surface area contributed by atoms with Crippen molar-refractivity contribution in [1.82, 2.24) is 9.88 Å². The number of para-hydroxylation sites is 1. The van der Waals surface area contributed by atoms with Gasteiger partial charge in [0.15, 0.2) is 0 Å². The van der Waals surface area contributed by atoms with E-state index >= 15 is 0 Å². The molecule has 4 heteroatoms. The summed E-state index contributed by atoms with van der Waals surface area (Å²) in [5, 5.41) is 0.810. The van der Waals surface area contributed by atoms with Crippen molar-refractivity contribution in [2.75, 3.05) is 7.05 Å². The van der Waals surface area contributed by atoms with Gasteiger partial charge in [-0.05, 0) is 31.7 Å². The van der Waals surface area contributed by atoms with Crippen molar-refractivity contribution in [2.45, 2.75) is 45.1 Å². The molecule has 23 heavy (non-hydrogen) atoms. The highest BCUT2D eigenvalue weighted by molar-refractivity contribution is 6.44. The van der Waals surface area contributed by atoms with Crippen LogP contribution in [0.15, 0.2) is 30.5 Å². The standard InChI is InChI=1S/C19H24N2O2/c1-13(14-8-4-3-5-9-14)21(2)19(23)18(22)16-12-20-17-11-7-6-10-15(16)17/h6-7,10-14,20H,3-5,8-9H2,1-2H3/t13-/m1/s1. The zero-order valence-corrected chi connectivity index (χ0v) is 13.8. The number of rotatable bonds is 4. The fourth-order valence-electron chi connectivity index (χ4n) is 3.65. The highest BCUT2D eigenvalue weighted by Gasteiger charge is 2.30. The summed E-state index contributed by atoms with van der Waals surface area (Å²) in [6.45, 7) is 2.07. The maximum Gasteiger partial charge on any atom is 0.295 e. The Labute approximate surface area is 136 Å². The lowest BCUT2D eigenvalue weighted by molar-refractivity contribution is -0.128. The zero-order chi connectivity index (χ0) is 16.4. The molecular weight excluding hydrogens is 288 g/mol. The number of nitrogens with zero attached hydrogens (tertiary/aromatic N) is 1. The third-order valence-electron chi connectivity index (χ3n) is 5.29. The Bertz CT molecular complexity index is 713. The summed E-state index contributed by atoms with van der Waals surface area (Å²) in [6.07, 6.45) is 7.69. The van der Waals surface area contributed by atoms with Crippen LogP contribution in [-0.2, 0) is 4.79 Å². The third-order valence-corrected chi connectivity index (χ3v) is 5.29. The second-order valence-corrected chi connectivity index (χ2v) is 6.63. The van der Waals surface area contributed by atoms with Gasteiger partial charge in [-0.1, -0.05) is 37.5 Å². The Morgan fingerprint density at radius 2 is 1.87 bits per heavy atom. The van der Waals surface area contributed by atoms with Gasteiger partial charge in [-0.25, -0.2) is 0 Å². The number of amides is 1. The van der Waals surface area contributed by atoms with Gasteiger partial charge in [0.1, 0.15) is 0 Å². The Kier molecular flexibility index (Phi) is 4.51. The molecule has 0 saturated heterocycles. The summed E-state index contributed by atoms with van der Waals surface area (Å²) in [7, 11) is 1.76. The number of aromatic amines is 1. The summed E-state index contributed by atoms with van der Waals surface area (Å²) < 4.78 is 0. The number of likely N-dealkylation sites (N-methyl/N-ethyl adjacent to an activating group) is 1. The average molecular weight is 312 g/mol. The van der Waals surface area contributed by atoms with Gasteiger partial charge in [-0.3, -0.25) is 9.59 Å². The quantitative estimate of drug-likeness (QED) is 0.690. The highest BCUT2D eigenvalue weighted by Crippen LogP contribution is 2.29. The van der Waals surface area contributed by atoms with E-state index in [9.17, 15) is 9.59 Å². The van der Waals surface area contributed by atoms with E-state index in [1.165, 1.54) is 19.3 Å². The van der Waals surface area contributed by atoms with Crippen LogP contribution in [0, 0.1) is 5.92 Å². The number of ketones is 1. The van der Waals surface area contributed by atoms with E-state index in [1.807, 2.05) is 24.3 Å². The van der Waals surface area contributed by atoms with Crippen LogP contribution in [-0.4, -0.2) is 34.7 Å². The molecule has 1 amide bonds. The van der Waals surface area contributed by atoms with E-state index in [4.69, 9.17) is 0 Å². The molecule has 1 aliphatic rings. The van der Waals surface area contributed by atoms with Crippen LogP contribution < -0.4 is 0 Å². The van der Waals surface area contributed by atoms with E-state index < -0.39 is 11.7 Å². The normalized spacial score (nSPS) is 17.1. The van der Waals surface area contributed by atoms with Gasteiger partial charge >= 0.3 is 0 Å². The van der Waals surface area contributed by atoms with Crippen molar-refractivity contribution >= 4 is 22.6 Å². The lowest BCUT2D eigenvalue weighted by Crippen LogP contribution is -2.43. The average Bonchev–Trinajstić information content (AvgIpc) is 3.04. The van der Waals surface area contributed by atoms with Gasteiger partial charge < -0.3 is 9.88 Å². The molecule has 1 fully saturated rings. The molecule has 1 aromatic heterocycles. The number of fused-ring (bicyclic) bond motifs is 1. The summed E-state index contributed by atoms with van der Waals surface area (Å²) >= 11 is 0. The third kappa shape index (κ3) is 3.03. The van der Waals surface area contributed by atoms with Crippen molar-refractivity contribution in [3.8, 4) is 0 Å². The van der Waals surface area contributed by atoms with Crippen LogP contribution >= 0.6 is 0 Å². The molecule has 1 aliphatic carbocycles. The molecule has 4 nitrogen and oxygen atoms in total. The molecule has 1 saturated carbocycles. The van der Waals surface area contributed by atoms with E-state index in [0.29, 0.717) is 11.5 Å². The lowest BCUT2D eigenvalue weighted by Gasteiger charge is -2.33. The van der Waals surface area contributed by atoms with Crippen molar-refractivity contribution in [3.63, 3.8) is 0 Å². The number of benzene rings is 1. The first-order valence-corrected chi connectivity index (χ1v) is 8.47. The molecular formula is C19H24N2O2. The first-order chi connectivity index (χ1) is 11.1. The van der Waals surface area contributed by atoms with Gasteiger partial charge in [0, 0.05) is 30.2 Å². The van der Waals surface area contributed by atoms with Crippen LogP contribution in [0.4, 0.5) is 0 Å². The second kappa shape index (κ2) is 6.57. The SMILES string of the molecule is C[C@H](C1CCCCC1)N(C)C(=O)C(=O)c1c[nH]c2ccccc12. The first-order valence-electron chi connectivity index (χ1n) is 8.47. The number of carbonyl (C=O) groups excluding carboxylic acids is 2. The van der Waals surface area contributed by atoms with Crippen molar-refractivity contribution < 1.29 is 9.59 Å². The van der Waals surface area contributed by atoms with Crippen LogP contribution in [0.1, 0.15) is 49.4 Å². The summed E-state index contributed by atoms with van der Waals surface area (Å²) in [5.74, 6) is -0.325. The van der Waals surface area contributed by atoms with Crippen LogP contribution in [0.2, 0.25) is 0 Å². The number of aromatic nitrogens is 1. The lowest BCUT2D eigenvalue weighted by atomic mass is 9.84. The molecule has 0 radical (unpaired) electrons. The molecule has 122 valence electrons. The predicted octanol–water partition coefficient (Wildman–Crippen LogP) is 3.78. The second-order valence-electron chi connectivity index (χ2n) is 6.63. The van der Waals surface area contributed by atoms with Gasteiger partial charge in [0.2, 0.25) is 0 Å². The Hall–Kier alpha value is -2.10. The van der Waals surface area contributed by atoms with E-state index in [0.717, 1.165) is 23.7 Å². The fourth-order valence-corrected chi connectivity index (χ4v) is 3.65. The number of carbonyl (C=O) groups is 2. The van der Waals surface area contributed by atoms with Gasteiger partial charge in [0.05, 0.1) is 5.56 Å². The van der Waals surface area contributed by atoms with Gasteiger partial charge in [-0.15, -0.1) is 0 Å². The monoisotopic (exact) mass is 312 g/mol. The van der Waals surface area contributed by atoms with Gasteiger partial charge in [-0.2, -0.15) is 0 Å². The van der Waals surface area contributed by atoms with Gasteiger partial charge in [0.25, 0.3) is 11.7 Å². The largest absolute Gasteiger partial charge is 0.360 e. The number of nitrogens with one attached hydrogen (secondary N) is 1. The van der Waals surface area contributed by atoms with Crippen molar-refractivity contribution in [3.05, 3.63) is 36.0 Å². The molecule has 1 atom stereocenters. The molecule has 1 aromatic carbocycles. The van der Waals surface area contributed by atoms with Crippen LogP contribution in [0.3, 0.4) is 0 Å². The minimum Gasteiger partial charge on any atom is -0.360 e. The number of hydrogen-bond donors (Lipinski definition) is 1. The Morgan fingerprint density at radius 3 is 2.61 bits per heavy atom. The van der Waals surface area contributed by atoms with Crippen LogP contribution in [0.5, 0.6) is 0 Å². The van der Waals surface area contributed by atoms with Crippen molar-refractivity contribution in [2.24, 2.45) is 5.92 Å². The summed E-state index contributed by atoms with van der Waals surface area (Å²) in [4.78, 5) is 30.0. The minimum atomic E-state index is -0.424. The summed E-state index contributed by atoms with van der Waals surface area (Å²) in [5.41, 5.74) is 1.35. The zero-order valence-electron chi connectivity index (χ0n) is 13.8. The van der Waals surface area contributed by atoms with E-state index in [-0.39, 0.29) is 6.04 Å². The van der Waals surface area contributed by atoms with Crippen molar-refractivity contribution in [1.29, 1.82) is 0 Å². The predicted molar refractivity (Wildman–Crippen MR) is 91.4 cm³/mol. The van der Waals surface area contributed by atoms with Crippen LogP contribution in [0.25, 0.3) is 10.9 Å². The van der Waals surface area contributed by atoms with E-state index in [1.54, 1.807) is 18.1 Å². The first kappa shape index (κ1) is 15.8. The Balaban J connectivity index is 1.77.